The van der Waals surface area contributed by atoms with E-state index in [-0.39, 0.29) is 10.9 Å². The standard InChI is InChI=1S/C12H17BrN2O3S/c1-8-6-11(10(13)7-12(8)15(16)17)14-5-4-9(2)19(3)18/h6-7,9,14H,4-5H2,1-3H3. The highest BCUT2D eigenvalue weighted by Gasteiger charge is 2.14. The van der Waals surface area contributed by atoms with Gasteiger partial charge in [-0.05, 0) is 35.3 Å². The highest BCUT2D eigenvalue weighted by molar-refractivity contribution is 9.10. The Morgan fingerprint density at radius 1 is 1.53 bits per heavy atom. The number of nitro benzene ring substituents is 1. The fourth-order valence-electron chi connectivity index (χ4n) is 1.58. The van der Waals surface area contributed by atoms with Gasteiger partial charge in [0.15, 0.2) is 0 Å². The summed E-state index contributed by atoms with van der Waals surface area (Å²) in [5.74, 6) is 0. The van der Waals surface area contributed by atoms with Crippen molar-refractivity contribution < 1.29 is 9.13 Å². The topological polar surface area (TPSA) is 72.2 Å². The van der Waals surface area contributed by atoms with Crippen molar-refractivity contribution in [2.45, 2.75) is 25.5 Å². The molecule has 0 fully saturated rings. The maximum absolute atomic E-state index is 11.2. The monoisotopic (exact) mass is 348 g/mol. The van der Waals surface area contributed by atoms with Gasteiger partial charge in [0, 0.05) is 50.6 Å². The summed E-state index contributed by atoms with van der Waals surface area (Å²) < 4.78 is 11.9. The van der Waals surface area contributed by atoms with Crippen LogP contribution in [0.15, 0.2) is 16.6 Å². The van der Waals surface area contributed by atoms with Gasteiger partial charge in [-0.1, -0.05) is 6.92 Å². The molecule has 1 N–H and O–H groups in total. The maximum Gasteiger partial charge on any atom is 0.273 e. The van der Waals surface area contributed by atoms with E-state index >= 15 is 0 Å². The summed E-state index contributed by atoms with van der Waals surface area (Å²) in [6.45, 7) is 4.32. The quantitative estimate of drug-likeness (QED) is 0.632. The summed E-state index contributed by atoms with van der Waals surface area (Å²) in [6.07, 6.45) is 2.47. The number of anilines is 1. The molecule has 2 atom stereocenters. The van der Waals surface area contributed by atoms with Crippen LogP contribution in [0.4, 0.5) is 11.4 Å². The molecule has 0 heterocycles. The molecule has 0 saturated carbocycles. The molecule has 1 aromatic rings. The van der Waals surface area contributed by atoms with E-state index in [2.05, 4.69) is 21.2 Å². The smallest absolute Gasteiger partial charge is 0.273 e. The molecule has 0 aromatic heterocycles. The molecule has 2 unspecified atom stereocenters. The molecular formula is C12H17BrN2O3S. The zero-order valence-corrected chi connectivity index (χ0v) is 13.5. The molecule has 19 heavy (non-hydrogen) atoms. The lowest BCUT2D eigenvalue weighted by molar-refractivity contribution is -0.385. The normalized spacial score (nSPS) is 13.9. The molecule has 1 aromatic carbocycles. The zero-order valence-electron chi connectivity index (χ0n) is 11.1. The number of benzene rings is 1. The average molecular weight is 349 g/mol. The number of nitrogens with zero attached hydrogens (tertiary/aromatic N) is 1. The van der Waals surface area contributed by atoms with Gasteiger partial charge in [0.2, 0.25) is 0 Å². The molecule has 1 rings (SSSR count). The fourth-order valence-corrected chi connectivity index (χ4v) is 2.50. The van der Waals surface area contributed by atoms with Crippen molar-refractivity contribution in [3.05, 3.63) is 32.3 Å². The third-order valence-corrected chi connectivity index (χ3v) is 4.94. The van der Waals surface area contributed by atoms with Crippen molar-refractivity contribution in [3.63, 3.8) is 0 Å². The number of hydrogen-bond donors (Lipinski definition) is 1. The molecule has 0 bridgehead atoms. The summed E-state index contributed by atoms with van der Waals surface area (Å²) >= 11 is 3.32. The van der Waals surface area contributed by atoms with E-state index in [0.29, 0.717) is 16.6 Å². The lowest BCUT2D eigenvalue weighted by atomic mass is 10.2. The minimum Gasteiger partial charge on any atom is -0.384 e. The number of nitrogens with one attached hydrogen (secondary N) is 1. The number of aryl methyl sites for hydroxylation is 1. The third-order valence-electron chi connectivity index (χ3n) is 2.92. The number of rotatable bonds is 6. The predicted molar refractivity (Wildman–Crippen MR) is 82.2 cm³/mol. The van der Waals surface area contributed by atoms with Crippen LogP contribution in [-0.2, 0) is 10.8 Å². The Hall–Kier alpha value is -0.950. The summed E-state index contributed by atoms with van der Waals surface area (Å²) in [7, 11) is -0.829. The van der Waals surface area contributed by atoms with Crippen LogP contribution in [0, 0.1) is 17.0 Å². The second-order valence-corrected chi connectivity index (χ2v) is 7.06. The summed E-state index contributed by atoms with van der Waals surface area (Å²) in [6, 6.07) is 3.24. The van der Waals surface area contributed by atoms with Crippen LogP contribution in [-0.4, -0.2) is 27.2 Å². The molecule has 0 aliphatic rings. The van der Waals surface area contributed by atoms with Crippen LogP contribution in [0.3, 0.4) is 0 Å². The minimum atomic E-state index is -0.829. The molecule has 106 valence electrons. The van der Waals surface area contributed by atoms with Crippen molar-refractivity contribution in [1.82, 2.24) is 0 Å². The molecule has 0 spiro atoms. The van der Waals surface area contributed by atoms with Crippen molar-refractivity contribution in [2.24, 2.45) is 0 Å². The zero-order chi connectivity index (χ0) is 14.6. The number of hydrogen-bond acceptors (Lipinski definition) is 4. The number of halogens is 1. The Balaban J connectivity index is 2.72. The van der Waals surface area contributed by atoms with Gasteiger partial charge in [-0.3, -0.25) is 14.3 Å². The van der Waals surface area contributed by atoms with E-state index in [1.54, 1.807) is 19.2 Å². The maximum atomic E-state index is 11.2. The molecule has 5 nitrogen and oxygen atoms in total. The van der Waals surface area contributed by atoms with E-state index in [1.807, 2.05) is 6.92 Å². The Kier molecular flexibility index (Phi) is 5.93. The highest BCUT2D eigenvalue weighted by Crippen LogP contribution is 2.30. The van der Waals surface area contributed by atoms with E-state index in [1.165, 1.54) is 6.07 Å². The van der Waals surface area contributed by atoms with Crippen LogP contribution < -0.4 is 5.32 Å². The van der Waals surface area contributed by atoms with E-state index in [0.717, 1.165) is 12.1 Å². The first-order valence-electron chi connectivity index (χ1n) is 5.83. The third kappa shape index (κ3) is 4.58. The second-order valence-electron chi connectivity index (χ2n) is 4.40. The Bertz CT molecular complexity index is 508. The van der Waals surface area contributed by atoms with E-state index in [9.17, 15) is 14.3 Å². The first-order valence-corrected chi connectivity index (χ1v) is 8.25. The van der Waals surface area contributed by atoms with Gasteiger partial charge in [0.25, 0.3) is 5.69 Å². The predicted octanol–water partition coefficient (Wildman–Crippen LogP) is 3.23. The lowest BCUT2D eigenvalue weighted by Gasteiger charge is -2.12. The minimum absolute atomic E-state index is 0.0976. The summed E-state index contributed by atoms with van der Waals surface area (Å²) in [4.78, 5) is 10.4. The SMILES string of the molecule is Cc1cc(NCCC(C)S(C)=O)c(Br)cc1[N+](=O)[O-]. The molecule has 0 aliphatic carbocycles. The van der Waals surface area contributed by atoms with Gasteiger partial charge in [-0.2, -0.15) is 0 Å². The fraction of sp³-hybridized carbons (Fsp3) is 0.500. The summed E-state index contributed by atoms with van der Waals surface area (Å²) in [5.41, 5.74) is 1.53. The van der Waals surface area contributed by atoms with Gasteiger partial charge >= 0.3 is 0 Å². The van der Waals surface area contributed by atoms with Gasteiger partial charge in [-0.15, -0.1) is 0 Å². The molecule has 7 heteroatoms. The van der Waals surface area contributed by atoms with Crippen LogP contribution in [0.1, 0.15) is 18.9 Å². The van der Waals surface area contributed by atoms with E-state index < -0.39 is 15.7 Å². The van der Waals surface area contributed by atoms with Gasteiger partial charge < -0.3 is 5.32 Å². The molecule has 0 aliphatic heterocycles. The van der Waals surface area contributed by atoms with Crippen LogP contribution in [0.2, 0.25) is 0 Å². The molecular weight excluding hydrogens is 332 g/mol. The Labute approximate surface area is 123 Å². The van der Waals surface area contributed by atoms with Gasteiger partial charge in [0.05, 0.1) is 4.92 Å². The van der Waals surface area contributed by atoms with Gasteiger partial charge in [-0.25, -0.2) is 0 Å². The largest absolute Gasteiger partial charge is 0.384 e. The van der Waals surface area contributed by atoms with E-state index in [4.69, 9.17) is 0 Å². The molecule has 0 amide bonds. The molecule has 0 saturated heterocycles. The second kappa shape index (κ2) is 7.00. The average Bonchev–Trinajstić information content (AvgIpc) is 2.32. The van der Waals surface area contributed by atoms with Crippen LogP contribution >= 0.6 is 15.9 Å². The highest BCUT2D eigenvalue weighted by atomic mass is 79.9. The first kappa shape index (κ1) is 16.1. The van der Waals surface area contributed by atoms with Crippen molar-refractivity contribution in [2.75, 3.05) is 18.1 Å². The van der Waals surface area contributed by atoms with Crippen molar-refractivity contribution >= 4 is 38.1 Å². The Morgan fingerprint density at radius 3 is 2.68 bits per heavy atom. The lowest BCUT2D eigenvalue weighted by Crippen LogP contribution is -2.15. The summed E-state index contributed by atoms with van der Waals surface area (Å²) in [5, 5.41) is 14.1. The van der Waals surface area contributed by atoms with Crippen molar-refractivity contribution in [1.29, 1.82) is 0 Å². The van der Waals surface area contributed by atoms with Crippen molar-refractivity contribution in [3.8, 4) is 0 Å². The van der Waals surface area contributed by atoms with Crippen LogP contribution in [0.25, 0.3) is 0 Å². The Morgan fingerprint density at radius 2 is 2.16 bits per heavy atom. The first-order chi connectivity index (χ1) is 8.82. The van der Waals surface area contributed by atoms with Gasteiger partial charge in [0.1, 0.15) is 0 Å². The number of nitro groups is 1. The molecule has 0 radical (unpaired) electrons. The van der Waals surface area contributed by atoms with Crippen LogP contribution in [0.5, 0.6) is 0 Å².